The van der Waals surface area contributed by atoms with Crippen molar-refractivity contribution >= 4 is 17.2 Å². The first-order valence-corrected chi connectivity index (χ1v) is 7.52. The third-order valence-corrected chi connectivity index (χ3v) is 3.90. The molecule has 0 saturated carbocycles. The van der Waals surface area contributed by atoms with E-state index in [9.17, 15) is 4.79 Å². The molecule has 106 valence electrons. The molecule has 1 N–H and O–H groups in total. The number of furan rings is 1. The van der Waals surface area contributed by atoms with Crippen LogP contribution >= 0.6 is 11.3 Å². The first kappa shape index (κ1) is 13.6. The molecule has 0 unspecified atom stereocenters. The molecule has 1 amide bonds. The van der Waals surface area contributed by atoms with Gasteiger partial charge in [0.15, 0.2) is 5.76 Å². The SMILES string of the molecule is O=C(NCCc1nc(-c2ccccc2)cs1)c1ccco1. The second-order valence-corrected chi connectivity index (χ2v) is 5.42. The molecule has 0 aliphatic rings. The Morgan fingerprint density at radius 1 is 1.19 bits per heavy atom. The van der Waals surface area contributed by atoms with Gasteiger partial charge < -0.3 is 9.73 Å². The van der Waals surface area contributed by atoms with Crippen molar-refractivity contribution in [2.45, 2.75) is 6.42 Å². The highest BCUT2D eigenvalue weighted by Gasteiger charge is 2.08. The van der Waals surface area contributed by atoms with Gasteiger partial charge >= 0.3 is 0 Å². The van der Waals surface area contributed by atoms with Crippen LogP contribution in [0.1, 0.15) is 15.6 Å². The average Bonchev–Trinajstić information content (AvgIpc) is 3.20. The molecule has 0 atom stereocenters. The van der Waals surface area contributed by atoms with Gasteiger partial charge in [0.25, 0.3) is 5.91 Å². The fourth-order valence-electron chi connectivity index (χ4n) is 1.95. The molecule has 2 aromatic heterocycles. The van der Waals surface area contributed by atoms with E-state index in [0.29, 0.717) is 18.7 Å². The van der Waals surface area contributed by atoms with E-state index in [1.165, 1.54) is 6.26 Å². The molecular formula is C16H14N2O2S. The summed E-state index contributed by atoms with van der Waals surface area (Å²) >= 11 is 1.61. The molecule has 2 heterocycles. The lowest BCUT2D eigenvalue weighted by atomic mass is 10.2. The predicted molar refractivity (Wildman–Crippen MR) is 82.3 cm³/mol. The van der Waals surface area contributed by atoms with Gasteiger partial charge in [0.05, 0.1) is 17.0 Å². The minimum atomic E-state index is -0.195. The molecular weight excluding hydrogens is 284 g/mol. The summed E-state index contributed by atoms with van der Waals surface area (Å²) in [6.07, 6.45) is 2.20. The number of thiazole rings is 1. The first-order chi connectivity index (χ1) is 10.3. The summed E-state index contributed by atoms with van der Waals surface area (Å²) in [5.41, 5.74) is 2.09. The summed E-state index contributed by atoms with van der Waals surface area (Å²) in [6.45, 7) is 0.543. The summed E-state index contributed by atoms with van der Waals surface area (Å²) < 4.78 is 5.03. The number of aromatic nitrogens is 1. The number of amides is 1. The number of hydrogen-bond donors (Lipinski definition) is 1. The van der Waals surface area contributed by atoms with Crippen molar-refractivity contribution in [1.29, 1.82) is 0 Å². The fourth-order valence-corrected chi connectivity index (χ4v) is 2.75. The van der Waals surface area contributed by atoms with Crippen molar-refractivity contribution in [2.75, 3.05) is 6.54 Å². The van der Waals surface area contributed by atoms with E-state index in [-0.39, 0.29) is 5.91 Å². The summed E-state index contributed by atoms with van der Waals surface area (Å²) in [5, 5.41) is 5.87. The minimum Gasteiger partial charge on any atom is -0.459 e. The number of nitrogens with one attached hydrogen (secondary N) is 1. The van der Waals surface area contributed by atoms with Crippen LogP contribution in [0.5, 0.6) is 0 Å². The maximum absolute atomic E-state index is 11.7. The topological polar surface area (TPSA) is 55.1 Å². The van der Waals surface area contributed by atoms with Crippen LogP contribution in [0.4, 0.5) is 0 Å². The highest BCUT2D eigenvalue weighted by atomic mass is 32.1. The molecule has 0 bridgehead atoms. The van der Waals surface area contributed by atoms with E-state index in [1.807, 2.05) is 35.7 Å². The third-order valence-electron chi connectivity index (χ3n) is 2.99. The molecule has 0 fully saturated rings. The fraction of sp³-hybridized carbons (Fsp3) is 0.125. The van der Waals surface area contributed by atoms with Gasteiger partial charge in [-0.2, -0.15) is 0 Å². The Balaban J connectivity index is 1.55. The van der Waals surface area contributed by atoms with E-state index in [0.717, 1.165) is 16.3 Å². The highest BCUT2D eigenvalue weighted by Crippen LogP contribution is 2.21. The Hall–Kier alpha value is -2.40. The van der Waals surface area contributed by atoms with Crippen LogP contribution in [-0.2, 0) is 6.42 Å². The van der Waals surface area contributed by atoms with Crippen LogP contribution in [-0.4, -0.2) is 17.4 Å². The van der Waals surface area contributed by atoms with Crippen LogP contribution in [0.25, 0.3) is 11.3 Å². The number of hydrogen-bond acceptors (Lipinski definition) is 4. The lowest BCUT2D eigenvalue weighted by Crippen LogP contribution is -2.25. The molecule has 21 heavy (non-hydrogen) atoms. The van der Waals surface area contributed by atoms with Crippen molar-refractivity contribution in [2.24, 2.45) is 0 Å². The Bertz CT molecular complexity index is 705. The van der Waals surface area contributed by atoms with E-state index in [2.05, 4.69) is 10.3 Å². The molecule has 0 aliphatic heterocycles. The summed E-state index contributed by atoms with van der Waals surface area (Å²) in [4.78, 5) is 16.3. The van der Waals surface area contributed by atoms with Crippen LogP contribution in [0.3, 0.4) is 0 Å². The van der Waals surface area contributed by atoms with Crippen LogP contribution < -0.4 is 5.32 Å². The highest BCUT2D eigenvalue weighted by molar-refractivity contribution is 7.09. The summed E-state index contributed by atoms with van der Waals surface area (Å²) in [6, 6.07) is 13.4. The largest absolute Gasteiger partial charge is 0.459 e. The van der Waals surface area contributed by atoms with Crippen molar-refractivity contribution in [1.82, 2.24) is 10.3 Å². The van der Waals surface area contributed by atoms with Crippen LogP contribution in [0.2, 0.25) is 0 Å². The van der Waals surface area contributed by atoms with Gasteiger partial charge in [0, 0.05) is 23.9 Å². The van der Waals surface area contributed by atoms with E-state index in [4.69, 9.17) is 4.42 Å². The van der Waals surface area contributed by atoms with Gasteiger partial charge in [-0.25, -0.2) is 4.98 Å². The number of carbonyl (C=O) groups is 1. The number of benzene rings is 1. The van der Waals surface area contributed by atoms with Crippen molar-refractivity contribution < 1.29 is 9.21 Å². The third kappa shape index (κ3) is 3.38. The lowest BCUT2D eigenvalue weighted by Gasteiger charge is -2.00. The first-order valence-electron chi connectivity index (χ1n) is 6.64. The zero-order chi connectivity index (χ0) is 14.5. The summed E-state index contributed by atoms with van der Waals surface area (Å²) in [5.74, 6) is 0.138. The van der Waals surface area contributed by atoms with Crippen molar-refractivity contribution in [3.05, 3.63) is 64.9 Å². The number of carbonyl (C=O) groups excluding carboxylic acids is 1. The molecule has 5 heteroatoms. The lowest BCUT2D eigenvalue weighted by molar-refractivity contribution is 0.0926. The molecule has 1 aromatic carbocycles. The van der Waals surface area contributed by atoms with Gasteiger partial charge in [-0.05, 0) is 12.1 Å². The Labute approximate surface area is 126 Å². The summed E-state index contributed by atoms with van der Waals surface area (Å²) in [7, 11) is 0. The van der Waals surface area contributed by atoms with Crippen molar-refractivity contribution in [3.8, 4) is 11.3 Å². The minimum absolute atomic E-state index is 0.195. The van der Waals surface area contributed by atoms with Crippen molar-refractivity contribution in [3.63, 3.8) is 0 Å². The zero-order valence-corrected chi connectivity index (χ0v) is 12.1. The van der Waals surface area contributed by atoms with Gasteiger partial charge in [-0.15, -0.1) is 11.3 Å². The monoisotopic (exact) mass is 298 g/mol. The van der Waals surface area contributed by atoms with Gasteiger partial charge in [-0.1, -0.05) is 30.3 Å². The molecule has 3 aromatic rings. The zero-order valence-electron chi connectivity index (χ0n) is 11.3. The Morgan fingerprint density at radius 3 is 2.81 bits per heavy atom. The van der Waals surface area contributed by atoms with E-state index >= 15 is 0 Å². The molecule has 0 radical (unpaired) electrons. The van der Waals surface area contributed by atoms with Crippen LogP contribution in [0, 0.1) is 0 Å². The average molecular weight is 298 g/mol. The maximum Gasteiger partial charge on any atom is 0.286 e. The van der Waals surface area contributed by atoms with E-state index < -0.39 is 0 Å². The second kappa shape index (κ2) is 6.37. The Kier molecular flexibility index (Phi) is 4.12. The second-order valence-electron chi connectivity index (χ2n) is 4.48. The van der Waals surface area contributed by atoms with Crippen LogP contribution in [0.15, 0.2) is 58.5 Å². The smallest absolute Gasteiger partial charge is 0.286 e. The van der Waals surface area contributed by atoms with E-state index in [1.54, 1.807) is 23.5 Å². The van der Waals surface area contributed by atoms with Gasteiger partial charge in [-0.3, -0.25) is 4.79 Å². The molecule has 0 spiro atoms. The molecule has 3 rings (SSSR count). The predicted octanol–water partition coefficient (Wildman–Crippen LogP) is 3.38. The van der Waals surface area contributed by atoms with Gasteiger partial charge in [0.2, 0.25) is 0 Å². The quantitative estimate of drug-likeness (QED) is 0.785. The number of nitrogens with zero attached hydrogens (tertiary/aromatic N) is 1. The van der Waals surface area contributed by atoms with Gasteiger partial charge in [0.1, 0.15) is 0 Å². The maximum atomic E-state index is 11.7. The number of rotatable bonds is 5. The molecule has 0 saturated heterocycles. The molecule has 4 nitrogen and oxygen atoms in total. The Morgan fingerprint density at radius 2 is 2.05 bits per heavy atom. The normalized spacial score (nSPS) is 10.5. The standard InChI is InChI=1S/C16H14N2O2S/c19-16(14-7-4-10-20-14)17-9-8-15-18-13(11-21-15)12-5-2-1-3-6-12/h1-7,10-11H,8-9H2,(H,17,19). The molecule has 0 aliphatic carbocycles.